The van der Waals surface area contributed by atoms with E-state index >= 15 is 0 Å². The van der Waals surface area contributed by atoms with Crippen molar-refractivity contribution in [1.29, 1.82) is 0 Å². The number of hydrogen-bond acceptors (Lipinski definition) is 2. The van der Waals surface area contributed by atoms with E-state index < -0.39 is 0 Å². The maximum absolute atomic E-state index is 3.57. The summed E-state index contributed by atoms with van der Waals surface area (Å²) in [5, 5.41) is 3.57. The number of fused-ring (bicyclic) bond motifs is 1. The molecule has 0 aliphatic heterocycles. The van der Waals surface area contributed by atoms with Crippen molar-refractivity contribution in [2.75, 3.05) is 27.2 Å². The average Bonchev–Trinajstić information content (AvgIpc) is 2.24. The molecule has 1 N–H and O–H groups in total. The van der Waals surface area contributed by atoms with E-state index in [4.69, 9.17) is 0 Å². The smallest absolute Gasteiger partial charge is 0.0186 e. The predicted octanol–water partition coefficient (Wildman–Crippen LogP) is 1.87. The Hall–Kier alpha value is -0.860. The first-order chi connectivity index (χ1) is 7.68. The summed E-state index contributed by atoms with van der Waals surface area (Å²) < 4.78 is 0. The summed E-state index contributed by atoms with van der Waals surface area (Å²) in [7, 11) is 4.26. The van der Waals surface area contributed by atoms with Crippen LogP contribution in [0.1, 0.15) is 24.0 Å². The Labute approximate surface area is 98.7 Å². The van der Waals surface area contributed by atoms with Crippen LogP contribution < -0.4 is 5.32 Å². The Morgan fingerprint density at radius 1 is 1.38 bits per heavy atom. The lowest BCUT2D eigenvalue weighted by molar-refractivity contribution is 0.300. The standard InChI is InChI=1S/C14H22N2/c1-11(16(2)3)9-15-10-13-8-12-6-4-5-7-14(12)13/h4-7,11,13,15H,8-10H2,1-3H3. The maximum Gasteiger partial charge on any atom is 0.0186 e. The molecule has 0 aromatic heterocycles. The number of nitrogens with zero attached hydrogens (tertiary/aromatic N) is 1. The van der Waals surface area contributed by atoms with Crippen molar-refractivity contribution in [2.45, 2.75) is 25.3 Å². The number of likely N-dealkylation sites (N-methyl/N-ethyl adjacent to an activating group) is 1. The average molecular weight is 218 g/mol. The third-order valence-corrected chi connectivity index (χ3v) is 3.67. The maximum atomic E-state index is 3.57. The van der Waals surface area contributed by atoms with Gasteiger partial charge < -0.3 is 10.2 Å². The molecule has 2 nitrogen and oxygen atoms in total. The van der Waals surface area contributed by atoms with Gasteiger partial charge in [0.2, 0.25) is 0 Å². The fourth-order valence-corrected chi connectivity index (χ4v) is 2.19. The van der Waals surface area contributed by atoms with Crippen LogP contribution in [0.15, 0.2) is 24.3 Å². The predicted molar refractivity (Wildman–Crippen MR) is 68.9 cm³/mol. The second-order valence-corrected chi connectivity index (χ2v) is 5.07. The summed E-state index contributed by atoms with van der Waals surface area (Å²) in [5.41, 5.74) is 3.09. The second-order valence-electron chi connectivity index (χ2n) is 5.07. The number of hydrogen-bond donors (Lipinski definition) is 1. The van der Waals surface area contributed by atoms with Crippen molar-refractivity contribution >= 4 is 0 Å². The van der Waals surface area contributed by atoms with Crippen LogP contribution in [0.3, 0.4) is 0 Å². The lowest BCUT2D eigenvalue weighted by Gasteiger charge is -2.31. The highest BCUT2D eigenvalue weighted by Crippen LogP contribution is 2.33. The molecule has 0 saturated heterocycles. The molecule has 0 saturated carbocycles. The number of nitrogens with one attached hydrogen (secondary N) is 1. The Kier molecular flexibility index (Phi) is 3.62. The zero-order valence-electron chi connectivity index (χ0n) is 10.5. The molecule has 1 aromatic rings. The molecular formula is C14H22N2. The monoisotopic (exact) mass is 218 g/mol. The van der Waals surface area contributed by atoms with Gasteiger partial charge in [0.1, 0.15) is 0 Å². The first-order valence-corrected chi connectivity index (χ1v) is 6.13. The molecule has 1 aromatic carbocycles. The molecule has 0 spiro atoms. The van der Waals surface area contributed by atoms with E-state index in [1.807, 2.05) is 0 Å². The molecule has 0 bridgehead atoms. The minimum absolute atomic E-state index is 0.607. The Bertz CT molecular complexity index is 346. The van der Waals surface area contributed by atoms with Crippen LogP contribution in [-0.4, -0.2) is 38.1 Å². The molecule has 16 heavy (non-hydrogen) atoms. The molecule has 2 unspecified atom stereocenters. The molecule has 0 radical (unpaired) electrons. The van der Waals surface area contributed by atoms with Gasteiger partial charge in [-0.1, -0.05) is 24.3 Å². The largest absolute Gasteiger partial charge is 0.315 e. The second kappa shape index (κ2) is 4.98. The number of benzene rings is 1. The zero-order chi connectivity index (χ0) is 11.5. The minimum atomic E-state index is 0.607. The van der Waals surface area contributed by atoms with Crippen LogP contribution >= 0.6 is 0 Å². The fraction of sp³-hybridized carbons (Fsp3) is 0.571. The minimum Gasteiger partial charge on any atom is -0.315 e. The van der Waals surface area contributed by atoms with Crippen molar-refractivity contribution < 1.29 is 0 Å². The lowest BCUT2D eigenvalue weighted by atomic mass is 9.77. The Morgan fingerprint density at radius 3 is 2.81 bits per heavy atom. The summed E-state index contributed by atoms with van der Waals surface area (Å²) in [6.07, 6.45) is 1.25. The van der Waals surface area contributed by atoms with Gasteiger partial charge in [-0.25, -0.2) is 0 Å². The van der Waals surface area contributed by atoms with Crippen LogP contribution in [0.4, 0.5) is 0 Å². The van der Waals surface area contributed by atoms with E-state index in [9.17, 15) is 0 Å². The Morgan fingerprint density at radius 2 is 2.12 bits per heavy atom. The molecule has 0 amide bonds. The summed E-state index contributed by atoms with van der Waals surface area (Å²) in [6.45, 7) is 4.45. The summed E-state index contributed by atoms with van der Waals surface area (Å²) in [5.74, 6) is 0.741. The SMILES string of the molecule is CC(CNCC1Cc2ccccc21)N(C)C. The zero-order valence-corrected chi connectivity index (χ0v) is 10.5. The van der Waals surface area contributed by atoms with Gasteiger partial charge in [0.25, 0.3) is 0 Å². The van der Waals surface area contributed by atoms with Crippen LogP contribution in [0.5, 0.6) is 0 Å². The van der Waals surface area contributed by atoms with E-state index in [-0.39, 0.29) is 0 Å². The highest BCUT2D eigenvalue weighted by atomic mass is 15.1. The van der Waals surface area contributed by atoms with Crippen molar-refractivity contribution in [3.05, 3.63) is 35.4 Å². The molecule has 2 rings (SSSR count). The van der Waals surface area contributed by atoms with Crippen LogP contribution in [0, 0.1) is 0 Å². The van der Waals surface area contributed by atoms with E-state index in [0.717, 1.165) is 19.0 Å². The lowest BCUT2D eigenvalue weighted by Crippen LogP contribution is -2.38. The molecule has 1 aliphatic rings. The van der Waals surface area contributed by atoms with Gasteiger partial charge in [0.05, 0.1) is 0 Å². The van der Waals surface area contributed by atoms with E-state index in [0.29, 0.717) is 6.04 Å². The Balaban J connectivity index is 1.74. The molecule has 1 aliphatic carbocycles. The van der Waals surface area contributed by atoms with Crippen LogP contribution in [-0.2, 0) is 6.42 Å². The van der Waals surface area contributed by atoms with Gasteiger partial charge in [-0.05, 0) is 38.6 Å². The normalized spacial score (nSPS) is 20.4. The third kappa shape index (κ3) is 2.45. The topological polar surface area (TPSA) is 15.3 Å². The number of rotatable bonds is 5. The van der Waals surface area contributed by atoms with Gasteiger partial charge in [0.15, 0.2) is 0 Å². The fourth-order valence-electron chi connectivity index (χ4n) is 2.19. The van der Waals surface area contributed by atoms with Gasteiger partial charge in [-0.3, -0.25) is 0 Å². The highest BCUT2D eigenvalue weighted by molar-refractivity contribution is 5.40. The highest BCUT2D eigenvalue weighted by Gasteiger charge is 2.24. The quantitative estimate of drug-likeness (QED) is 0.811. The van der Waals surface area contributed by atoms with Crippen molar-refractivity contribution in [1.82, 2.24) is 10.2 Å². The summed E-state index contributed by atoms with van der Waals surface area (Å²) in [6, 6.07) is 9.40. The molecular weight excluding hydrogens is 196 g/mol. The van der Waals surface area contributed by atoms with E-state index in [2.05, 4.69) is 55.5 Å². The molecule has 88 valence electrons. The van der Waals surface area contributed by atoms with Gasteiger partial charge >= 0.3 is 0 Å². The van der Waals surface area contributed by atoms with Crippen LogP contribution in [0.25, 0.3) is 0 Å². The van der Waals surface area contributed by atoms with Crippen LogP contribution in [0.2, 0.25) is 0 Å². The van der Waals surface area contributed by atoms with Gasteiger partial charge in [-0.15, -0.1) is 0 Å². The van der Waals surface area contributed by atoms with E-state index in [1.165, 1.54) is 12.0 Å². The molecule has 0 heterocycles. The van der Waals surface area contributed by atoms with Gasteiger partial charge in [0, 0.05) is 25.0 Å². The van der Waals surface area contributed by atoms with E-state index in [1.54, 1.807) is 5.56 Å². The first-order valence-electron chi connectivity index (χ1n) is 6.13. The molecule has 2 heteroatoms. The van der Waals surface area contributed by atoms with Crippen molar-refractivity contribution in [2.24, 2.45) is 0 Å². The van der Waals surface area contributed by atoms with Crippen molar-refractivity contribution in [3.63, 3.8) is 0 Å². The summed E-state index contributed by atoms with van der Waals surface area (Å²) in [4.78, 5) is 2.25. The third-order valence-electron chi connectivity index (χ3n) is 3.67. The van der Waals surface area contributed by atoms with Crippen molar-refractivity contribution in [3.8, 4) is 0 Å². The first kappa shape index (κ1) is 11.6. The summed E-state index contributed by atoms with van der Waals surface area (Å²) >= 11 is 0. The molecule has 2 atom stereocenters. The molecule has 0 fully saturated rings. The van der Waals surface area contributed by atoms with Gasteiger partial charge in [-0.2, -0.15) is 0 Å².